The topological polar surface area (TPSA) is 83.1 Å². The van der Waals surface area contributed by atoms with Crippen molar-refractivity contribution in [2.24, 2.45) is 0 Å². The van der Waals surface area contributed by atoms with Gasteiger partial charge in [0.1, 0.15) is 25.5 Å². The first kappa shape index (κ1) is 17.6. The summed E-state index contributed by atoms with van der Waals surface area (Å²) in [7, 11) is 0. The zero-order valence-electron chi connectivity index (χ0n) is 14.3. The van der Waals surface area contributed by atoms with Crippen LogP contribution < -0.4 is 19.5 Å². The molecular weight excluding hydrogens is 338 g/mol. The molecule has 1 N–H and O–H groups in total. The average molecular weight is 357 g/mol. The van der Waals surface area contributed by atoms with E-state index in [0.29, 0.717) is 17.1 Å². The molecule has 0 saturated heterocycles. The molecule has 0 aromatic heterocycles. The Kier molecular flexibility index (Phi) is 5.58. The summed E-state index contributed by atoms with van der Waals surface area (Å²) in [4.78, 5) is 23.8. The van der Waals surface area contributed by atoms with Crippen LogP contribution in [0, 0.1) is 6.92 Å². The molecule has 2 aromatic rings. The van der Waals surface area contributed by atoms with Crippen LogP contribution in [-0.4, -0.2) is 38.4 Å². The zero-order chi connectivity index (χ0) is 18.4. The maximum absolute atomic E-state index is 12.1. The molecule has 0 radical (unpaired) electrons. The van der Waals surface area contributed by atoms with Crippen LogP contribution in [0.2, 0.25) is 0 Å². The molecule has 26 heavy (non-hydrogen) atoms. The Morgan fingerprint density at radius 1 is 1.08 bits per heavy atom. The van der Waals surface area contributed by atoms with Gasteiger partial charge < -0.3 is 24.3 Å². The van der Waals surface area contributed by atoms with E-state index in [1.807, 2.05) is 31.2 Å². The second kappa shape index (κ2) is 8.24. The smallest absolute Gasteiger partial charge is 0.325 e. The van der Waals surface area contributed by atoms with E-state index in [2.05, 4.69) is 5.32 Å². The fourth-order valence-corrected chi connectivity index (χ4v) is 2.37. The molecule has 7 nitrogen and oxygen atoms in total. The Balaban J connectivity index is 1.37. The van der Waals surface area contributed by atoms with Crippen molar-refractivity contribution in [3.8, 4) is 17.2 Å². The van der Waals surface area contributed by atoms with Crippen molar-refractivity contribution in [1.29, 1.82) is 0 Å². The van der Waals surface area contributed by atoms with Gasteiger partial charge in [-0.1, -0.05) is 18.2 Å². The minimum Gasteiger partial charge on any atom is -0.490 e. The summed E-state index contributed by atoms with van der Waals surface area (Å²) in [6, 6.07) is 12.4. The van der Waals surface area contributed by atoms with Crippen molar-refractivity contribution < 1.29 is 28.5 Å². The highest BCUT2D eigenvalue weighted by molar-refractivity contribution is 5.96. The van der Waals surface area contributed by atoms with Gasteiger partial charge >= 0.3 is 5.97 Å². The zero-order valence-corrected chi connectivity index (χ0v) is 14.3. The molecule has 1 heterocycles. The number of nitrogens with one attached hydrogen (secondary N) is 1. The van der Waals surface area contributed by atoms with E-state index < -0.39 is 11.9 Å². The van der Waals surface area contributed by atoms with Crippen LogP contribution in [0.25, 0.3) is 0 Å². The minimum absolute atomic E-state index is 0.104. The molecule has 0 saturated carbocycles. The lowest BCUT2D eigenvalue weighted by atomic mass is 10.2. The molecule has 0 unspecified atom stereocenters. The highest BCUT2D eigenvalue weighted by Gasteiger charge is 2.16. The summed E-state index contributed by atoms with van der Waals surface area (Å²) >= 11 is 0. The summed E-state index contributed by atoms with van der Waals surface area (Å²) in [5.41, 5.74) is 1.39. The summed E-state index contributed by atoms with van der Waals surface area (Å²) in [6.45, 7) is 2.20. The maximum Gasteiger partial charge on any atom is 0.325 e. The monoisotopic (exact) mass is 357 g/mol. The predicted molar refractivity (Wildman–Crippen MR) is 92.5 cm³/mol. The number of hydrogen-bond donors (Lipinski definition) is 1. The Hall–Kier alpha value is -3.22. The molecule has 1 aliphatic rings. The second-order valence-corrected chi connectivity index (χ2v) is 5.59. The van der Waals surface area contributed by atoms with Gasteiger partial charge in [0.25, 0.3) is 5.91 Å². The minimum atomic E-state index is -0.535. The molecule has 136 valence electrons. The second-order valence-electron chi connectivity index (χ2n) is 5.59. The van der Waals surface area contributed by atoms with Gasteiger partial charge in [-0.3, -0.25) is 9.59 Å². The van der Waals surface area contributed by atoms with Crippen molar-refractivity contribution >= 4 is 11.9 Å². The quantitative estimate of drug-likeness (QED) is 0.603. The molecular formula is C19H19NO6. The number of para-hydroxylation sites is 1. The average Bonchev–Trinajstić information content (AvgIpc) is 3.12. The largest absolute Gasteiger partial charge is 0.490 e. The summed E-state index contributed by atoms with van der Waals surface area (Å²) in [5, 5.41) is 2.51. The third kappa shape index (κ3) is 4.44. The first-order valence-electron chi connectivity index (χ1n) is 8.15. The molecule has 0 bridgehead atoms. The summed E-state index contributed by atoms with van der Waals surface area (Å²) in [5.74, 6) is 0.923. The Labute approximate surface area is 150 Å². The number of amides is 1. The molecule has 3 rings (SSSR count). The third-order valence-corrected chi connectivity index (χ3v) is 3.73. The Morgan fingerprint density at radius 3 is 2.73 bits per heavy atom. The van der Waals surface area contributed by atoms with Gasteiger partial charge in [0.2, 0.25) is 6.79 Å². The number of aryl methyl sites for hydroxylation is 1. The number of esters is 1. The van der Waals surface area contributed by atoms with Gasteiger partial charge in [0.05, 0.1) is 0 Å². The molecule has 1 amide bonds. The number of ether oxygens (including phenoxy) is 4. The number of rotatable bonds is 7. The van der Waals surface area contributed by atoms with Gasteiger partial charge in [-0.25, -0.2) is 0 Å². The van der Waals surface area contributed by atoms with Crippen molar-refractivity contribution in [1.82, 2.24) is 5.32 Å². The molecule has 2 aromatic carbocycles. The number of carbonyl (C=O) groups is 2. The maximum atomic E-state index is 12.1. The van der Waals surface area contributed by atoms with Crippen molar-refractivity contribution in [2.75, 3.05) is 26.6 Å². The van der Waals surface area contributed by atoms with Crippen molar-refractivity contribution in [2.45, 2.75) is 6.92 Å². The summed E-state index contributed by atoms with van der Waals surface area (Å²) in [6.07, 6.45) is 0. The fraction of sp³-hybridized carbons (Fsp3) is 0.263. The molecule has 0 aliphatic carbocycles. The number of hydrogen-bond acceptors (Lipinski definition) is 6. The van der Waals surface area contributed by atoms with E-state index in [-0.39, 0.29) is 26.6 Å². The first-order valence-corrected chi connectivity index (χ1v) is 8.15. The lowest BCUT2D eigenvalue weighted by Crippen LogP contribution is -2.31. The van der Waals surface area contributed by atoms with Gasteiger partial charge in [0.15, 0.2) is 11.5 Å². The van der Waals surface area contributed by atoms with Crippen LogP contribution in [0.15, 0.2) is 42.5 Å². The molecule has 7 heteroatoms. The van der Waals surface area contributed by atoms with Crippen LogP contribution >= 0.6 is 0 Å². The standard InChI is InChI=1S/C19H19NO6/c1-13-4-2-3-5-15(13)23-8-9-24-18(21)11-20-19(22)14-6-7-16-17(10-14)26-12-25-16/h2-7,10H,8-9,11-12H2,1H3,(H,20,22). The third-order valence-electron chi connectivity index (χ3n) is 3.73. The van der Waals surface area contributed by atoms with Crippen LogP contribution in [0.4, 0.5) is 0 Å². The van der Waals surface area contributed by atoms with E-state index in [1.165, 1.54) is 0 Å². The lowest BCUT2D eigenvalue weighted by molar-refractivity contribution is -0.143. The lowest BCUT2D eigenvalue weighted by Gasteiger charge is -2.10. The highest BCUT2D eigenvalue weighted by atomic mass is 16.7. The van der Waals surface area contributed by atoms with Gasteiger partial charge in [-0.2, -0.15) is 0 Å². The fourth-order valence-electron chi connectivity index (χ4n) is 2.37. The van der Waals surface area contributed by atoms with E-state index in [4.69, 9.17) is 18.9 Å². The van der Waals surface area contributed by atoms with Gasteiger partial charge in [-0.05, 0) is 36.8 Å². The number of benzene rings is 2. The van der Waals surface area contributed by atoms with Crippen molar-refractivity contribution in [3.05, 3.63) is 53.6 Å². The van der Waals surface area contributed by atoms with Crippen LogP contribution in [-0.2, 0) is 9.53 Å². The van der Waals surface area contributed by atoms with Gasteiger partial charge in [0, 0.05) is 5.56 Å². The molecule has 0 atom stereocenters. The highest BCUT2D eigenvalue weighted by Crippen LogP contribution is 2.32. The van der Waals surface area contributed by atoms with E-state index in [9.17, 15) is 9.59 Å². The molecule has 0 fully saturated rings. The normalized spacial score (nSPS) is 11.7. The van der Waals surface area contributed by atoms with Crippen molar-refractivity contribution in [3.63, 3.8) is 0 Å². The molecule has 0 spiro atoms. The van der Waals surface area contributed by atoms with E-state index in [1.54, 1.807) is 18.2 Å². The number of fused-ring (bicyclic) bond motifs is 1. The van der Waals surface area contributed by atoms with Crippen LogP contribution in [0.3, 0.4) is 0 Å². The number of carbonyl (C=O) groups excluding carboxylic acids is 2. The van der Waals surface area contributed by atoms with Gasteiger partial charge in [-0.15, -0.1) is 0 Å². The predicted octanol–water partition coefficient (Wildman–Crippen LogP) is 2.08. The van der Waals surface area contributed by atoms with E-state index in [0.717, 1.165) is 11.3 Å². The molecule has 1 aliphatic heterocycles. The van der Waals surface area contributed by atoms with E-state index >= 15 is 0 Å². The first-order chi connectivity index (χ1) is 12.6. The SMILES string of the molecule is Cc1ccccc1OCCOC(=O)CNC(=O)c1ccc2c(c1)OCO2. The van der Waals surface area contributed by atoms with Crippen LogP contribution in [0.1, 0.15) is 15.9 Å². The Bertz CT molecular complexity index is 804. The Morgan fingerprint density at radius 2 is 1.88 bits per heavy atom. The van der Waals surface area contributed by atoms with Crippen LogP contribution in [0.5, 0.6) is 17.2 Å². The summed E-state index contributed by atoms with van der Waals surface area (Å²) < 4.78 is 21.0.